The molecule has 0 radical (unpaired) electrons. The van der Waals surface area contributed by atoms with Crippen LogP contribution in [0.15, 0.2) is 12.1 Å². The Balaban J connectivity index is 2.61. The van der Waals surface area contributed by atoms with Gasteiger partial charge in [-0.2, -0.15) is 0 Å². The molecule has 0 aliphatic heterocycles. The third kappa shape index (κ3) is 2.04. The largest absolute Gasteiger partial charge is 0.383 e. The van der Waals surface area contributed by atoms with E-state index in [1.54, 1.807) is 7.11 Å². The van der Waals surface area contributed by atoms with Gasteiger partial charge in [0.2, 0.25) is 0 Å². The Kier molecular flexibility index (Phi) is 3.38. The van der Waals surface area contributed by atoms with E-state index in [2.05, 4.69) is 4.98 Å². The number of hydrogen-bond donors (Lipinski definition) is 1. The molecule has 0 saturated heterocycles. The Bertz CT molecular complexity index is 550. The predicted octanol–water partition coefficient (Wildman–Crippen LogP) is 2.18. The topological polar surface area (TPSA) is 53.1 Å². The van der Waals surface area contributed by atoms with Crippen LogP contribution in [0, 0.1) is 6.92 Å². The molecule has 1 aromatic heterocycles. The molecule has 0 amide bonds. The molecule has 2 rings (SSSR count). The molecule has 0 spiro atoms. The van der Waals surface area contributed by atoms with Crippen molar-refractivity contribution in [2.75, 3.05) is 13.7 Å². The van der Waals surface area contributed by atoms with E-state index in [0.29, 0.717) is 6.61 Å². The van der Waals surface area contributed by atoms with Crippen LogP contribution in [0.5, 0.6) is 0 Å². The quantitative estimate of drug-likeness (QED) is 0.912. The lowest BCUT2D eigenvalue weighted by Gasteiger charge is -2.10. The molecule has 1 unspecified atom stereocenters. The summed E-state index contributed by atoms with van der Waals surface area (Å²) in [5.41, 5.74) is 8.98. The number of nitrogens with two attached hydrogens (primary N) is 1. The Morgan fingerprint density at radius 1 is 1.53 bits per heavy atom. The molecule has 92 valence electrons. The van der Waals surface area contributed by atoms with Crippen molar-refractivity contribution in [1.82, 2.24) is 9.55 Å². The molecular weight excluding hydrogens is 238 g/mol. The van der Waals surface area contributed by atoms with Crippen LogP contribution in [-0.2, 0) is 11.8 Å². The van der Waals surface area contributed by atoms with Crippen molar-refractivity contribution in [2.45, 2.75) is 13.0 Å². The average Bonchev–Trinajstić information content (AvgIpc) is 2.62. The molecule has 0 aliphatic carbocycles. The fourth-order valence-corrected chi connectivity index (χ4v) is 2.23. The van der Waals surface area contributed by atoms with Gasteiger partial charge in [0.1, 0.15) is 5.82 Å². The van der Waals surface area contributed by atoms with Crippen molar-refractivity contribution in [3.8, 4) is 0 Å². The highest BCUT2D eigenvalue weighted by Gasteiger charge is 2.16. The minimum absolute atomic E-state index is 0.226. The van der Waals surface area contributed by atoms with E-state index in [1.165, 1.54) is 0 Å². The zero-order chi connectivity index (χ0) is 12.6. The standard InChI is InChI=1S/C12H16ClN3O/c1-7-8(13)4-5-10-11(7)16(2)12(15-10)9(14)6-17-3/h4-5,9H,6,14H2,1-3H3. The van der Waals surface area contributed by atoms with Crippen molar-refractivity contribution in [2.24, 2.45) is 12.8 Å². The number of fused-ring (bicyclic) bond motifs is 1. The Labute approximate surface area is 105 Å². The van der Waals surface area contributed by atoms with Crippen molar-refractivity contribution >= 4 is 22.6 Å². The fraction of sp³-hybridized carbons (Fsp3) is 0.417. The third-order valence-electron chi connectivity index (χ3n) is 2.94. The maximum absolute atomic E-state index is 6.11. The zero-order valence-electron chi connectivity index (χ0n) is 10.2. The normalized spacial score (nSPS) is 13.2. The van der Waals surface area contributed by atoms with E-state index in [9.17, 15) is 0 Å². The van der Waals surface area contributed by atoms with Crippen molar-refractivity contribution in [3.63, 3.8) is 0 Å². The number of benzene rings is 1. The smallest absolute Gasteiger partial charge is 0.128 e. The average molecular weight is 254 g/mol. The van der Waals surface area contributed by atoms with Gasteiger partial charge in [0.25, 0.3) is 0 Å². The number of nitrogens with zero attached hydrogens (tertiary/aromatic N) is 2. The fourth-order valence-electron chi connectivity index (χ4n) is 2.07. The number of methoxy groups -OCH3 is 1. The Morgan fingerprint density at radius 3 is 2.88 bits per heavy atom. The van der Waals surface area contributed by atoms with E-state index in [0.717, 1.165) is 27.4 Å². The lowest BCUT2D eigenvalue weighted by molar-refractivity contribution is 0.177. The maximum Gasteiger partial charge on any atom is 0.128 e. The third-order valence-corrected chi connectivity index (χ3v) is 3.34. The number of rotatable bonds is 3. The van der Waals surface area contributed by atoms with Crippen molar-refractivity contribution in [3.05, 3.63) is 28.5 Å². The molecule has 0 fully saturated rings. The van der Waals surface area contributed by atoms with E-state index in [-0.39, 0.29) is 6.04 Å². The van der Waals surface area contributed by atoms with Gasteiger partial charge in [0, 0.05) is 19.2 Å². The monoisotopic (exact) mass is 253 g/mol. The summed E-state index contributed by atoms with van der Waals surface area (Å²) in [6, 6.07) is 3.54. The number of aromatic nitrogens is 2. The number of halogens is 1. The molecule has 2 N–H and O–H groups in total. The molecule has 2 aromatic rings. The van der Waals surface area contributed by atoms with Crippen LogP contribution in [0.1, 0.15) is 17.4 Å². The first-order valence-electron chi connectivity index (χ1n) is 5.42. The summed E-state index contributed by atoms with van der Waals surface area (Å²) in [5.74, 6) is 0.812. The van der Waals surface area contributed by atoms with Crippen LogP contribution in [0.4, 0.5) is 0 Å². The predicted molar refractivity (Wildman–Crippen MR) is 69.3 cm³/mol. The summed E-state index contributed by atoms with van der Waals surface area (Å²) in [4.78, 5) is 4.53. The second-order valence-electron chi connectivity index (χ2n) is 4.13. The van der Waals surface area contributed by atoms with Gasteiger partial charge in [0.05, 0.1) is 23.7 Å². The number of aryl methyl sites for hydroxylation is 2. The van der Waals surface area contributed by atoms with E-state index in [1.807, 2.05) is 30.7 Å². The van der Waals surface area contributed by atoms with E-state index < -0.39 is 0 Å². The van der Waals surface area contributed by atoms with Gasteiger partial charge in [-0.1, -0.05) is 11.6 Å². The summed E-state index contributed by atoms with van der Waals surface area (Å²) in [7, 11) is 3.58. The van der Waals surface area contributed by atoms with Gasteiger partial charge in [-0.15, -0.1) is 0 Å². The maximum atomic E-state index is 6.11. The highest BCUT2D eigenvalue weighted by Crippen LogP contribution is 2.26. The highest BCUT2D eigenvalue weighted by atomic mass is 35.5. The molecule has 1 heterocycles. The first kappa shape index (κ1) is 12.4. The summed E-state index contributed by atoms with van der Waals surface area (Å²) >= 11 is 6.11. The lowest BCUT2D eigenvalue weighted by Crippen LogP contribution is -2.20. The molecule has 5 heteroatoms. The van der Waals surface area contributed by atoms with Crippen molar-refractivity contribution in [1.29, 1.82) is 0 Å². The minimum atomic E-state index is -0.226. The Morgan fingerprint density at radius 2 is 2.24 bits per heavy atom. The minimum Gasteiger partial charge on any atom is -0.383 e. The van der Waals surface area contributed by atoms with Gasteiger partial charge >= 0.3 is 0 Å². The van der Waals surface area contributed by atoms with Crippen LogP contribution in [0.25, 0.3) is 11.0 Å². The molecule has 0 bridgehead atoms. The Hall–Kier alpha value is -1.10. The molecular formula is C12H16ClN3O. The molecule has 1 aromatic carbocycles. The molecule has 1 atom stereocenters. The van der Waals surface area contributed by atoms with Gasteiger partial charge in [-0.25, -0.2) is 4.98 Å². The van der Waals surface area contributed by atoms with E-state index >= 15 is 0 Å². The van der Waals surface area contributed by atoms with Crippen LogP contribution in [0.3, 0.4) is 0 Å². The first-order valence-corrected chi connectivity index (χ1v) is 5.80. The number of hydrogen-bond acceptors (Lipinski definition) is 3. The van der Waals surface area contributed by atoms with Crippen LogP contribution < -0.4 is 5.73 Å². The summed E-state index contributed by atoms with van der Waals surface area (Å²) < 4.78 is 7.04. The summed E-state index contributed by atoms with van der Waals surface area (Å²) in [6.07, 6.45) is 0. The highest BCUT2D eigenvalue weighted by molar-refractivity contribution is 6.32. The van der Waals surface area contributed by atoms with E-state index in [4.69, 9.17) is 22.1 Å². The first-order chi connectivity index (χ1) is 8.06. The molecule has 0 aliphatic rings. The summed E-state index contributed by atoms with van der Waals surface area (Å²) in [5, 5.41) is 0.743. The molecule has 17 heavy (non-hydrogen) atoms. The van der Waals surface area contributed by atoms with Crippen molar-refractivity contribution < 1.29 is 4.74 Å². The van der Waals surface area contributed by atoms with Crippen LogP contribution in [0.2, 0.25) is 5.02 Å². The number of ether oxygens (including phenoxy) is 1. The lowest BCUT2D eigenvalue weighted by atomic mass is 10.2. The molecule has 4 nitrogen and oxygen atoms in total. The molecule has 0 saturated carbocycles. The van der Waals surface area contributed by atoms with Gasteiger partial charge < -0.3 is 15.0 Å². The summed E-state index contributed by atoms with van der Waals surface area (Å²) in [6.45, 7) is 2.43. The van der Waals surface area contributed by atoms with Gasteiger partial charge in [-0.05, 0) is 24.6 Å². The zero-order valence-corrected chi connectivity index (χ0v) is 11.0. The van der Waals surface area contributed by atoms with Gasteiger partial charge in [-0.3, -0.25) is 0 Å². The second kappa shape index (κ2) is 4.64. The van der Waals surface area contributed by atoms with Crippen LogP contribution in [-0.4, -0.2) is 23.3 Å². The second-order valence-corrected chi connectivity index (χ2v) is 4.54. The van der Waals surface area contributed by atoms with Crippen LogP contribution >= 0.6 is 11.6 Å². The number of imidazole rings is 1. The van der Waals surface area contributed by atoms with Gasteiger partial charge in [0.15, 0.2) is 0 Å². The SMILES string of the molecule is COCC(N)c1nc2ccc(Cl)c(C)c2n1C.